The molecule has 0 bridgehead atoms. The zero-order chi connectivity index (χ0) is 17.1. The lowest BCUT2D eigenvalue weighted by Crippen LogP contribution is -2.14. The van der Waals surface area contributed by atoms with Crippen LogP contribution in [0.2, 0.25) is 5.02 Å². The fourth-order valence-electron chi connectivity index (χ4n) is 2.35. The number of halogens is 1. The number of rotatable bonds is 3. The van der Waals surface area contributed by atoms with E-state index in [0.717, 1.165) is 0 Å². The Hall–Kier alpha value is -2.53. The van der Waals surface area contributed by atoms with Gasteiger partial charge in [-0.15, -0.1) is 0 Å². The topological polar surface area (TPSA) is 72.8 Å². The van der Waals surface area contributed by atoms with Gasteiger partial charge in [-0.3, -0.25) is 0 Å². The van der Waals surface area contributed by atoms with Crippen molar-refractivity contribution in [3.8, 4) is 16.9 Å². The Morgan fingerprint density at radius 2 is 1.70 bits per heavy atom. The van der Waals surface area contributed by atoms with Gasteiger partial charge in [-0.2, -0.15) is 0 Å². The summed E-state index contributed by atoms with van der Waals surface area (Å²) < 4.78 is 9.49. The third kappa shape index (κ3) is 3.00. The summed E-state index contributed by atoms with van der Waals surface area (Å²) in [6, 6.07) is 8.01. The monoisotopic (exact) mass is 334 g/mol. The number of esters is 2. The number of carbonyl (C=O) groups excluding carboxylic acids is 2. The second kappa shape index (κ2) is 6.71. The van der Waals surface area contributed by atoms with Crippen LogP contribution in [0.25, 0.3) is 11.1 Å². The summed E-state index contributed by atoms with van der Waals surface area (Å²) in [6.45, 7) is 1.63. The van der Waals surface area contributed by atoms with E-state index in [0.29, 0.717) is 21.7 Å². The van der Waals surface area contributed by atoms with Crippen molar-refractivity contribution in [2.75, 3.05) is 14.2 Å². The zero-order valence-electron chi connectivity index (χ0n) is 12.8. The molecule has 2 rings (SSSR count). The van der Waals surface area contributed by atoms with Crippen LogP contribution in [0.4, 0.5) is 0 Å². The van der Waals surface area contributed by atoms with Crippen molar-refractivity contribution in [2.45, 2.75) is 6.92 Å². The van der Waals surface area contributed by atoms with Gasteiger partial charge in [0.2, 0.25) is 0 Å². The molecule has 0 aliphatic rings. The van der Waals surface area contributed by atoms with Gasteiger partial charge in [-0.1, -0.05) is 29.8 Å². The molecule has 0 radical (unpaired) electrons. The number of phenolic OH excluding ortho intramolecular Hbond substituents is 1. The van der Waals surface area contributed by atoms with Crippen molar-refractivity contribution in [3.63, 3.8) is 0 Å². The van der Waals surface area contributed by atoms with Crippen molar-refractivity contribution < 1.29 is 24.2 Å². The number of methoxy groups -OCH3 is 2. The molecule has 0 fully saturated rings. The summed E-state index contributed by atoms with van der Waals surface area (Å²) in [5.74, 6) is -1.62. The van der Waals surface area contributed by atoms with Crippen LogP contribution in [-0.2, 0) is 9.47 Å². The van der Waals surface area contributed by atoms with Gasteiger partial charge in [0.05, 0.1) is 25.3 Å². The molecule has 2 aromatic rings. The van der Waals surface area contributed by atoms with Crippen molar-refractivity contribution in [2.24, 2.45) is 0 Å². The van der Waals surface area contributed by atoms with Gasteiger partial charge < -0.3 is 14.6 Å². The average Bonchev–Trinajstić information content (AvgIpc) is 2.56. The zero-order valence-corrected chi connectivity index (χ0v) is 13.6. The Labute approximate surface area is 138 Å². The van der Waals surface area contributed by atoms with Gasteiger partial charge >= 0.3 is 11.9 Å². The largest absolute Gasteiger partial charge is 0.508 e. The second-order valence-corrected chi connectivity index (χ2v) is 5.19. The molecule has 0 aliphatic carbocycles. The summed E-state index contributed by atoms with van der Waals surface area (Å²) in [5.41, 5.74) is 1.17. The van der Waals surface area contributed by atoms with E-state index in [-0.39, 0.29) is 16.9 Å². The van der Waals surface area contributed by atoms with Crippen molar-refractivity contribution in [1.82, 2.24) is 0 Å². The summed E-state index contributed by atoms with van der Waals surface area (Å²) in [5, 5.41) is 10.5. The molecule has 6 heteroatoms. The van der Waals surface area contributed by atoms with Crippen LogP contribution in [0.5, 0.6) is 5.75 Å². The van der Waals surface area contributed by atoms with E-state index in [9.17, 15) is 14.7 Å². The highest BCUT2D eigenvalue weighted by molar-refractivity contribution is 6.33. The molecule has 0 saturated heterocycles. The van der Waals surface area contributed by atoms with E-state index in [1.165, 1.54) is 20.3 Å². The third-order valence-electron chi connectivity index (χ3n) is 3.50. The Morgan fingerprint density at radius 1 is 1.09 bits per heavy atom. The minimum atomic E-state index is -0.756. The molecule has 0 heterocycles. The van der Waals surface area contributed by atoms with Crippen LogP contribution in [-0.4, -0.2) is 31.3 Å². The Morgan fingerprint density at radius 3 is 2.26 bits per heavy atom. The molecular formula is C17H15ClO5. The Bertz CT molecular complexity index is 783. The molecule has 0 spiro atoms. The normalized spacial score (nSPS) is 10.3. The number of ether oxygens (including phenoxy) is 2. The van der Waals surface area contributed by atoms with Crippen LogP contribution in [0.1, 0.15) is 26.3 Å². The number of phenols is 1. The molecule has 23 heavy (non-hydrogen) atoms. The summed E-state index contributed by atoms with van der Waals surface area (Å²) >= 11 is 6.22. The number of aromatic hydroxyl groups is 1. The predicted octanol–water partition coefficient (Wildman–Crippen LogP) is 3.59. The van der Waals surface area contributed by atoms with E-state index in [1.54, 1.807) is 31.2 Å². The van der Waals surface area contributed by atoms with Crippen molar-refractivity contribution >= 4 is 23.5 Å². The molecule has 0 aromatic heterocycles. The lowest BCUT2D eigenvalue weighted by molar-refractivity contribution is 0.0555. The van der Waals surface area contributed by atoms with Gasteiger partial charge in [0.15, 0.2) is 0 Å². The molecule has 0 amide bonds. The van der Waals surface area contributed by atoms with Gasteiger partial charge in [0.1, 0.15) is 5.75 Å². The Balaban J connectivity index is 2.94. The molecule has 1 N–H and O–H groups in total. The first kappa shape index (κ1) is 16.8. The third-order valence-corrected chi connectivity index (χ3v) is 3.83. The number of hydrogen-bond acceptors (Lipinski definition) is 5. The first-order valence-electron chi connectivity index (χ1n) is 6.70. The maximum Gasteiger partial charge on any atom is 0.339 e. The fraction of sp³-hybridized carbons (Fsp3) is 0.176. The maximum atomic E-state index is 12.3. The fourth-order valence-corrected chi connectivity index (χ4v) is 2.58. The van der Waals surface area contributed by atoms with Crippen LogP contribution in [0.3, 0.4) is 0 Å². The quantitative estimate of drug-likeness (QED) is 0.868. The van der Waals surface area contributed by atoms with E-state index < -0.39 is 11.9 Å². The second-order valence-electron chi connectivity index (χ2n) is 4.78. The SMILES string of the molecule is COC(=O)c1cc(O)c(C)c(-c2ccccc2Cl)c1C(=O)OC. The van der Waals surface area contributed by atoms with Gasteiger partial charge in [0.25, 0.3) is 0 Å². The van der Waals surface area contributed by atoms with Crippen LogP contribution < -0.4 is 0 Å². The minimum absolute atomic E-state index is 0.00255. The first-order valence-corrected chi connectivity index (χ1v) is 7.08. The van der Waals surface area contributed by atoms with Crippen molar-refractivity contribution in [1.29, 1.82) is 0 Å². The van der Waals surface area contributed by atoms with E-state index in [4.69, 9.17) is 21.1 Å². The molecule has 0 unspecified atom stereocenters. The van der Waals surface area contributed by atoms with E-state index >= 15 is 0 Å². The smallest absolute Gasteiger partial charge is 0.339 e. The highest BCUT2D eigenvalue weighted by Crippen LogP contribution is 2.39. The number of benzene rings is 2. The maximum absolute atomic E-state index is 12.3. The highest BCUT2D eigenvalue weighted by atomic mass is 35.5. The molecular weight excluding hydrogens is 320 g/mol. The van der Waals surface area contributed by atoms with Crippen LogP contribution in [0.15, 0.2) is 30.3 Å². The molecule has 0 aliphatic heterocycles. The first-order chi connectivity index (χ1) is 10.9. The van der Waals surface area contributed by atoms with E-state index in [1.807, 2.05) is 0 Å². The molecule has 120 valence electrons. The van der Waals surface area contributed by atoms with Gasteiger partial charge in [0, 0.05) is 16.1 Å². The molecule has 0 saturated carbocycles. The summed E-state index contributed by atoms with van der Waals surface area (Å²) in [6.07, 6.45) is 0. The lowest BCUT2D eigenvalue weighted by Gasteiger charge is -2.17. The van der Waals surface area contributed by atoms with Gasteiger partial charge in [-0.05, 0) is 24.6 Å². The standard InChI is InChI=1S/C17H15ClO5/c1-9-13(19)8-11(16(20)22-2)15(17(21)23-3)14(9)10-6-4-5-7-12(10)18/h4-8,19H,1-3H3. The lowest BCUT2D eigenvalue weighted by atomic mass is 9.90. The highest BCUT2D eigenvalue weighted by Gasteiger charge is 2.27. The predicted molar refractivity (Wildman–Crippen MR) is 86.0 cm³/mol. The number of hydrogen-bond donors (Lipinski definition) is 1. The summed E-state index contributed by atoms with van der Waals surface area (Å²) in [7, 11) is 2.40. The average molecular weight is 335 g/mol. The molecule has 2 aromatic carbocycles. The van der Waals surface area contributed by atoms with Crippen LogP contribution in [0, 0.1) is 6.92 Å². The number of carbonyl (C=O) groups is 2. The Kier molecular flexibility index (Phi) is 4.91. The summed E-state index contributed by atoms with van der Waals surface area (Å²) in [4.78, 5) is 24.3. The van der Waals surface area contributed by atoms with Crippen molar-refractivity contribution in [3.05, 3.63) is 52.0 Å². The minimum Gasteiger partial charge on any atom is -0.508 e. The van der Waals surface area contributed by atoms with Crippen LogP contribution >= 0.6 is 11.6 Å². The van der Waals surface area contributed by atoms with E-state index in [2.05, 4.69) is 0 Å². The molecule has 0 atom stereocenters. The van der Waals surface area contributed by atoms with Gasteiger partial charge in [-0.25, -0.2) is 9.59 Å². The molecule has 5 nitrogen and oxygen atoms in total.